The van der Waals surface area contributed by atoms with Crippen molar-refractivity contribution in [2.24, 2.45) is 0 Å². The zero-order valence-corrected chi connectivity index (χ0v) is 13.7. The van der Waals surface area contributed by atoms with Crippen LogP contribution in [0.5, 0.6) is 0 Å². The molecule has 2 unspecified atom stereocenters. The van der Waals surface area contributed by atoms with Crippen molar-refractivity contribution in [2.75, 3.05) is 13.1 Å². The van der Waals surface area contributed by atoms with Gasteiger partial charge < -0.3 is 10.2 Å². The lowest BCUT2D eigenvalue weighted by Crippen LogP contribution is -2.55. The van der Waals surface area contributed by atoms with E-state index in [1.54, 1.807) is 0 Å². The number of halogens is 2. The molecule has 1 aliphatic heterocycles. The summed E-state index contributed by atoms with van der Waals surface area (Å²) in [5, 5.41) is 3.42. The molecule has 2 rings (SSSR count). The van der Waals surface area contributed by atoms with Gasteiger partial charge in [-0.25, -0.2) is 0 Å². The molecule has 0 radical (unpaired) electrons. The number of carbonyl (C=O) groups is 1. The van der Waals surface area contributed by atoms with E-state index in [1.807, 2.05) is 11.0 Å². The minimum Gasteiger partial charge on any atom is -0.335 e. The molecule has 1 fully saturated rings. The Morgan fingerprint density at radius 2 is 2.00 bits per heavy atom. The van der Waals surface area contributed by atoms with Crippen molar-refractivity contribution >= 4 is 49.1 Å². The van der Waals surface area contributed by atoms with E-state index < -0.39 is 0 Å². The predicted octanol–water partition coefficient (Wildman–Crippen LogP) is 3.10. The van der Waals surface area contributed by atoms with Crippen molar-refractivity contribution in [1.29, 1.82) is 0 Å². The second-order valence-corrected chi connectivity index (χ2v) is 7.64. The van der Waals surface area contributed by atoms with E-state index in [0.717, 1.165) is 26.2 Å². The fourth-order valence-electron chi connectivity index (χ4n) is 2.10. The second kappa shape index (κ2) is 5.38. The fraction of sp³-hybridized carbons (Fsp3) is 0.545. The van der Waals surface area contributed by atoms with Crippen LogP contribution < -0.4 is 5.32 Å². The summed E-state index contributed by atoms with van der Waals surface area (Å²) in [5.74, 6) is 0.126. The van der Waals surface area contributed by atoms with Gasteiger partial charge in [0.2, 0.25) is 0 Å². The summed E-state index contributed by atoms with van der Waals surface area (Å²) in [6.45, 7) is 5.76. The Balaban J connectivity index is 2.14. The molecule has 3 nitrogen and oxygen atoms in total. The first-order chi connectivity index (χ1) is 7.97. The van der Waals surface area contributed by atoms with Crippen molar-refractivity contribution in [3.63, 3.8) is 0 Å². The van der Waals surface area contributed by atoms with Gasteiger partial charge in [0, 0.05) is 29.6 Å². The van der Waals surface area contributed by atoms with Crippen LogP contribution in [-0.2, 0) is 0 Å². The van der Waals surface area contributed by atoms with Crippen molar-refractivity contribution in [2.45, 2.75) is 25.9 Å². The lowest BCUT2D eigenvalue weighted by atomic mass is 10.1. The number of carbonyl (C=O) groups excluding carboxylic acids is 1. The number of thiophene rings is 1. The number of hydrogen-bond donors (Lipinski definition) is 1. The Morgan fingerprint density at radius 3 is 2.47 bits per heavy atom. The number of piperazine rings is 1. The van der Waals surface area contributed by atoms with Crippen molar-refractivity contribution < 1.29 is 4.79 Å². The number of nitrogens with zero attached hydrogens (tertiary/aromatic N) is 1. The van der Waals surface area contributed by atoms with Crippen molar-refractivity contribution in [3.05, 3.63) is 19.2 Å². The highest BCUT2D eigenvalue weighted by Crippen LogP contribution is 2.33. The van der Waals surface area contributed by atoms with Crippen LogP contribution >= 0.6 is 43.2 Å². The molecule has 1 saturated heterocycles. The van der Waals surface area contributed by atoms with Gasteiger partial charge in [-0.05, 0) is 51.8 Å². The molecular formula is C11H14Br2N2OS. The zero-order chi connectivity index (χ0) is 12.6. The van der Waals surface area contributed by atoms with Gasteiger partial charge in [0.15, 0.2) is 0 Å². The Labute approximate surface area is 122 Å². The van der Waals surface area contributed by atoms with E-state index in [2.05, 4.69) is 51.0 Å². The van der Waals surface area contributed by atoms with Crippen LogP contribution in [0.4, 0.5) is 0 Å². The minimum atomic E-state index is 0.126. The molecule has 1 aliphatic rings. The highest BCUT2D eigenvalue weighted by Gasteiger charge is 2.26. The summed E-state index contributed by atoms with van der Waals surface area (Å²) in [4.78, 5) is 15.0. The van der Waals surface area contributed by atoms with Gasteiger partial charge in [-0.2, -0.15) is 0 Å². The molecule has 1 aromatic rings. The summed E-state index contributed by atoms with van der Waals surface area (Å²) < 4.78 is 1.92. The first-order valence-electron chi connectivity index (χ1n) is 5.47. The Morgan fingerprint density at radius 1 is 1.41 bits per heavy atom. The van der Waals surface area contributed by atoms with Crippen LogP contribution in [0, 0.1) is 0 Å². The summed E-state index contributed by atoms with van der Waals surface area (Å²) in [6, 6.07) is 2.60. The van der Waals surface area contributed by atoms with Crippen molar-refractivity contribution in [1.82, 2.24) is 10.2 Å². The normalized spacial score (nSPS) is 25.1. The second-order valence-electron chi connectivity index (χ2n) is 4.41. The third-order valence-electron chi connectivity index (χ3n) is 2.70. The quantitative estimate of drug-likeness (QED) is 0.810. The summed E-state index contributed by atoms with van der Waals surface area (Å²) in [6.07, 6.45) is 0. The maximum atomic E-state index is 12.3. The third kappa shape index (κ3) is 3.10. The molecular weight excluding hydrogens is 368 g/mol. The Hall–Kier alpha value is 0.0900. The fourth-order valence-corrected chi connectivity index (χ4v) is 4.10. The molecule has 0 saturated carbocycles. The Bertz CT molecular complexity index is 406. The number of nitrogens with one attached hydrogen (secondary N) is 1. The molecule has 0 bridgehead atoms. The minimum absolute atomic E-state index is 0.126. The number of rotatable bonds is 1. The largest absolute Gasteiger partial charge is 0.335 e. The molecule has 1 aromatic heterocycles. The van der Waals surface area contributed by atoms with E-state index in [1.165, 1.54) is 11.3 Å². The molecule has 2 heterocycles. The summed E-state index contributed by atoms with van der Waals surface area (Å²) in [5.41, 5.74) is 0. The maximum absolute atomic E-state index is 12.3. The molecule has 17 heavy (non-hydrogen) atoms. The maximum Gasteiger partial charge on any atom is 0.264 e. The van der Waals surface area contributed by atoms with Gasteiger partial charge in [0.25, 0.3) is 5.91 Å². The van der Waals surface area contributed by atoms with Crippen LogP contribution in [0.15, 0.2) is 14.3 Å². The average molecular weight is 382 g/mol. The van der Waals surface area contributed by atoms with Crippen LogP contribution in [0.25, 0.3) is 0 Å². The lowest BCUT2D eigenvalue weighted by Gasteiger charge is -2.35. The third-order valence-corrected chi connectivity index (χ3v) is 5.94. The molecule has 0 aromatic carbocycles. The van der Waals surface area contributed by atoms with Gasteiger partial charge in [-0.15, -0.1) is 11.3 Å². The highest BCUT2D eigenvalue weighted by molar-refractivity contribution is 9.13. The van der Waals surface area contributed by atoms with E-state index in [-0.39, 0.29) is 5.91 Å². The zero-order valence-electron chi connectivity index (χ0n) is 9.67. The molecule has 1 amide bonds. The van der Waals surface area contributed by atoms with Crippen LogP contribution in [0.2, 0.25) is 0 Å². The van der Waals surface area contributed by atoms with Gasteiger partial charge >= 0.3 is 0 Å². The van der Waals surface area contributed by atoms with E-state index in [0.29, 0.717) is 12.1 Å². The van der Waals surface area contributed by atoms with Crippen LogP contribution in [0.3, 0.4) is 0 Å². The summed E-state index contributed by atoms with van der Waals surface area (Å²) in [7, 11) is 0. The molecule has 2 atom stereocenters. The number of amides is 1. The number of hydrogen-bond acceptors (Lipinski definition) is 3. The molecule has 0 aliphatic carbocycles. The summed E-state index contributed by atoms with van der Waals surface area (Å²) >= 11 is 8.31. The molecule has 1 N–H and O–H groups in total. The molecule has 0 spiro atoms. The average Bonchev–Trinajstić information content (AvgIpc) is 2.57. The van der Waals surface area contributed by atoms with E-state index in [4.69, 9.17) is 0 Å². The molecule has 6 heteroatoms. The molecule has 94 valence electrons. The smallest absolute Gasteiger partial charge is 0.264 e. The lowest BCUT2D eigenvalue weighted by molar-refractivity contribution is 0.0678. The predicted molar refractivity (Wildman–Crippen MR) is 77.7 cm³/mol. The van der Waals surface area contributed by atoms with Crippen molar-refractivity contribution in [3.8, 4) is 0 Å². The van der Waals surface area contributed by atoms with Gasteiger partial charge in [-0.1, -0.05) is 0 Å². The Kier molecular flexibility index (Phi) is 4.28. The first kappa shape index (κ1) is 13.5. The van der Waals surface area contributed by atoms with E-state index in [9.17, 15) is 4.79 Å². The van der Waals surface area contributed by atoms with Crippen LogP contribution in [0.1, 0.15) is 23.5 Å². The monoisotopic (exact) mass is 380 g/mol. The highest BCUT2D eigenvalue weighted by atomic mass is 79.9. The first-order valence-corrected chi connectivity index (χ1v) is 7.87. The SMILES string of the molecule is CC1CN(C(=O)c2cc(Br)c(Br)s2)CC(C)N1. The van der Waals surface area contributed by atoms with E-state index >= 15 is 0 Å². The van der Waals surface area contributed by atoms with Crippen LogP contribution in [-0.4, -0.2) is 36.0 Å². The van der Waals surface area contributed by atoms with Gasteiger partial charge in [0.05, 0.1) is 8.66 Å². The van der Waals surface area contributed by atoms with Gasteiger partial charge in [-0.3, -0.25) is 4.79 Å². The topological polar surface area (TPSA) is 32.3 Å². The van der Waals surface area contributed by atoms with Gasteiger partial charge in [0.1, 0.15) is 0 Å². The standard InChI is InChI=1S/C11H14Br2N2OS/c1-6-4-15(5-7(2)14-6)11(16)9-3-8(12)10(13)17-9/h3,6-7,14H,4-5H2,1-2H3.